The molecular formula is C26H44O3. The predicted molar refractivity (Wildman–Crippen MR) is 117 cm³/mol. The number of carbonyl (C=O) groups is 2. The molecule has 29 heavy (non-hydrogen) atoms. The highest BCUT2D eigenvalue weighted by Crippen LogP contribution is 2.64. The summed E-state index contributed by atoms with van der Waals surface area (Å²) in [5.41, 5.74) is 0.0488. The zero-order chi connectivity index (χ0) is 21.8. The molecule has 0 saturated heterocycles. The highest BCUT2D eigenvalue weighted by molar-refractivity contribution is 5.79. The zero-order valence-corrected chi connectivity index (χ0v) is 20.1. The van der Waals surface area contributed by atoms with Gasteiger partial charge in [-0.1, -0.05) is 48.5 Å². The summed E-state index contributed by atoms with van der Waals surface area (Å²) >= 11 is 0. The number of hydrogen-bond donors (Lipinski definition) is 0. The molecule has 0 heterocycles. The van der Waals surface area contributed by atoms with Crippen molar-refractivity contribution in [1.29, 1.82) is 0 Å². The minimum absolute atomic E-state index is 0.0420. The van der Waals surface area contributed by atoms with Crippen LogP contribution in [0.2, 0.25) is 0 Å². The summed E-state index contributed by atoms with van der Waals surface area (Å²) in [6, 6.07) is 0. The quantitative estimate of drug-likeness (QED) is 0.506. The molecule has 0 spiro atoms. The van der Waals surface area contributed by atoms with E-state index in [0.717, 1.165) is 25.7 Å². The number of Topliss-reactive ketones (excluding diaryl/α,β-unsaturated/α-hetero) is 1. The Labute approximate surface area is 178 Å². The van der Waals surface area contributed by atoms with E-state index in [2.05, 4.69) is 55.4 Å². The van der Waals surface area contributed by atoms with Crippen molar-refractivity contribution in [3.63, 3.8) is 0 Å². The van der Waals surface area contributed by atoms with Crippen molar-refractivity contribution in [2.75, 3.05) is 0 Å². The van der Waals surface area contributed by atoms with E-state index in [1.54, 1.807) is 0 Å². The average molecular weight is 405 g/mol. The number of hydrogen-bond acceptors (Lipinski definition) is 3. The van der Waals surface area contributed by atoms with E-state index in [0.29, 0.717) is 48.2 Å². The second kappa shape index (κ2) is 7.68. The van der Waals surface area contributed by atoms with Crippen LogP contribution in [-0.4, -0.2) is 17.4 Å². The molecule has 0 aromatic heterocycles. The third-order valence-corrected chi connectivity index (χ3v) is 8.75. The molecule has 0 aromatic rings. The maximum absolute atomic E-state index is 13.5. The number of ether oxygens (including phenoxy) is 1. The van der Waals surface area contributed by atoms with Crippen molar-refractivity contribution in [2.24, 2.45) is 46.3 Å². The van der Waals surface area contributed by atoms with Crippen molar-refractivity contribution in [3.8, 4) is 0 Å². The first-order valence-electron chi connectivity index (χ1n) is 12.0. The first-order chi connectivity index (χ1) is 13.3. The summed E-state index contributed by atoms with van der Waals surface area (Å²) in [5, 5.41) is 0. The van der Waals surface area contributed by atoms with E-state index < -0.39 is 5.60 Å². The summed E-state index contributed by atoms with van der Waals surface area (Å²) in [5.74, 6) is 3.11. The van der Waals surface area contributed by atoms with Crippen LogP contribution in [0, 0.1) is 46.3 Å². The van der Waals surface area contributed by atoms with Gasteiger partial charge in [0.1, 0.15) is 11.4 Å². The molecular weight excluding hydrogens is 360 g/mol. The lowest BCUT2D eigenvalue weighted by Gasteiger charge is -2.48. The molecule has 3 fully saturated rings. The number of rotatable bonds is 4. The van der Waals surface area contributed by atoms with Crippen LogP contribution in [0.1, 0.15) is 100 Å². The van der Waals surface area contributed by atoms with Crippen LogP contribution in [0.4, 0.5) is 0 Å². The Bertz CT molecular complexity index is 627. The number of esters is 1. The van der Waals surface area contributed by atoms with Crippen molar-refractivity contribution in [2.45, 2.75) is 106 Å². The third kappa shape index (κ3) is 4.30. The van der Waals surface area contributed by atoms with E-state index in [1.165, 1.54) is 6.42 Å². The van der Waals surface area contributed by atoms with E-state index in [1.807, 2.05) is 0 Å². The van der Waals surface area contributed by atoms with Gasteiger partial charge in [0.2, 0.25) is 0 Å². The molecule has 3 rings (SSSR count). The summed E-state index contributed by atoms with van der Waals surface area (Å²) < 4.78 is 6.33. The van der Waals surface area contributed by atoms with Gasteiger partial charge in [-0.15, -0.1) is 0 Å². The van der Waals surface area contributed by atoms with Crippen LogP contribution in [-0.2, 0) is 14.3 Å². The van der Waals surface area contributed by atoms with Gasteiger partial charge in [-0.2, -0.15) is 0 Å². The maximum Gasteiger partial charge on any atom is 0.309 e. The number of ketones is 1. The summed E-state index contributed by atoms with van der Waals surface area (Å²) in [4.78, 5) is 25.1. The van der Waals surface area contributed by atoms with Gasteiger partial charge in [0.15, 0.2) is 0 Å². The summed E-state index contributed by atoms with van der Waals surface area (Å²) in [6.45, 7) is 18.4. The number of fused-ring (bicyclic) bond motifs is 2. The van der Waals surface area contributed by atoms with E-state index in [4.69, 9.17) is 4.74 Å². The van der Waals surface area contributed by atoms with E-state index in [9.17, 15) is 9.59 Å². The molecule has 6 unspecified atom stereocenters. The smallest absolute Gasteiger partial charge is 0.309 e. The molecule has 3 aliphatic carbocycles. The lowest BCUT2D eigenvalue weighted by atomic mass is 9.57. The largest absolute Gasteiger partial charge is 0.459 e. The first-order valence-corrected chi connectivity index (χ1v) is 12.0. The molecule has 0 radical (unpaired) electrons. The van der Waals surface area contributed by atoms with Crippen molar-refractivity contribution in [3.05, 3.63) is 0 Å². The van der Waals surface area contributed by atoms with Gasteiger partial charge in [-0.05, 0) is 79.4 Å². The van der Waals surface area contributed by atoms with Gasteiger partial charge < -0.3 is 4.74 Å². The minimum Gasteiger partial charge on any atom is -0.459 e. The summed E-state index contributed by atoms with van der Waals surface area (Å²) in [6.07, 6.45) is 6.03. The Morgan fingerprint density at radius 1 is 0.931 bits per heavy atom. The van der Waals surface area contributed by atoms with Crippen molar-refractivity contribution < 1.29 is 14.3 Å². The fourth-order valence-electron chi connectivity index (χ4n) is 7.36. The van der Waals surface area contributed by atoms with Gasteiger partial charge in [0, 0.05) is 12.8 Å². The standard InChI is InChI=1S/C26H44O3/c1-9-26(8,17-10-12-18(27)13-11-17)29-23(28)20-15-16-14-19(20)22(25(5,6)7)21(16)24(2,3)4/h16-17,19-22H,9-15H2,1-8H3. The highest BCUT2D eigenvalue weighted by Gasteiger charge is 2.61. The fraction of sp³-hybridized carbons (Fsp3) is 0.923. The Hall–Kier alpha value is -0.860. The van der Waals surface area contributed by atoms with Crippen molar-refractivity contribution in [1.82, 2.24) is 0 Å². The highest BCUT2D eigenvalue weighted by atomic mass is 16.6. The molecule has 3 heteroatoms. The molecule has 0 aromatic carbocycles. The molecule has 3 aliphatic rings. The van der Waals surface area contributed by atoms with Gasteiger partial charge >= 0.3 is 5.97 Å². The van der Waals surface area contributed by atoms with E-state index in [-0.39, 0.29) is 22.7 Å². The van der Waals surface area contributed by atoms with Crippen LogP contribution < -0.4 is 0 Å². The molecule has 0 amide bonds. The SMILES string of the molecule is CCC(C)(OC(=O)C1CC2CC1C(C(C)(C)C)C2C(C)(C)C)C1CCC(=O)CC1. The van der Waals surface area contributed by atoms with Gasteiger partial charge in [-0.3, -0.25) is 9.59 Å². The Morgan fingerprint density at radius 3 is 1.97 bits per heavy atom. The second-order valence-electron chi connectivity index (χ2n) is 12.7. The Morgan fingerprint density at radius 2 is 1.48 bits per heavy atom. The fourth-order valence-corrected chi connectivity index (χ4v) is 7.36. The third-order valence-electron chi connectivity index (χ3n) is 8.75. The molecule has 3 saturated carbocycles. The van der Waals surface area contributed by atoms with Crippen LogP contribution in [0.15, 0.2) is 0 Å². The average Bonchev–Trinajstić information content (AvgIpc) is 3.20. The molecule has 2 bridgehead atoms. The van der Waals surface area contributed by atoms with Gasteiger partial charge in [-0.25, -0.2) is 0 Å². The minimum atomic E-state index is -0.430. The summed E-state index contributed by atoms with van der Waals surface area (Å²) in [7, 11) is 0. The molecule has 6 atom stereocenters. The van der Waals surface area contributed by atoms with Crippen LogP contribution >= 0.6 is 0 Å². The Balaban J connectivity index is 1.76. The van der Waals surface area contributed by atoms with Crippen LogP contribution in [0.25, 0.3) is 0 Å². The predicted octanol–water partition coefficient (Wildman–Crippen LogP) is 6.44. The normalized spacial score (nSPS) is 35.6. The second-order valence-corrected chi connectivity index (χ2v) is 12.7. The Kier molecular flexibility index (Phi) is 6.04. The first kappa shape index (κ1) is 22.8. The maximum atomic E-state index is 13.5. The van der Waals surface area contributed by atoms with E-state index >= 15 is 0 Å². The monoisotopic (exact) mass is 404 g/mol. The topological polar surface area (TPSA) is 43.4 Å². The molecule has 166 valence electrons. The van der Waals surface area contributed by atoms with Gasteiger partial charge in [0.05, 0.1) is 5.92 Å². The zero-order valence-electron chi connectivity index (χ0n) is 20.1. The number of carbonyl (C=O) groups excluding carboxylic acids is 2. The van der Waals surface area contributed by atoms with Gasteiger partial charge in [0.25, 0.3) is 0 Å². The van der Waals surface area contributed by atoms with Crippen LogP contribution in [0.3, 0.4) is 0 Å². The lowest BCUT2D eigenvalue weighted by Crippen LogP contribution is -2.47. The van der Waals surface area contributed by atoms with Crippen LogP contribution in [0.5, 0.6) is 0 Å². The lowest BCUT2D eigenvalue weighted by molar-refractivity contribution is -0.176. The molecule has 0 aliphatic heterocycles. The molecule has 3 nitrogen and oxygen atoms in total. The van der Waals surface area contributed by atoms with Crippen molar-refractivity contribution >= 4 is 11.8 Å². The molecule has 0 N–H and O–H groups in total.